The summed E-state index contributed by atoms with van der Waals surface area (Å²) in [6, 6.07) is 10.1. The van der Waals surface area contributed by atoms with E-state index < -0.39 is 22.0 Å². The highest BCUT2D eigenvalue weighted by atomic mass is 35.5. The van der Waals surface area contributed by atoms with E-state index in [0.717, 1.165) is 0 Å². The molecule has 7 nitrogen and oxygen atoms in total. The van der Waals surface area contributed by atoms with Crippen molar-refractivity contribution in [3.8, 4) is 11.5 Å². The fraction of sp³-hybridized carbons (Fsp3) is 0.235. The number of hydrogen-bond acceptors (Lipinski definition) is 5. The number of sulfonamides is 1. The fourth-order valence-corrected chi connectivity index (χ4v) is 4.90. The third-order valence-electron chi connectivity index (χ3n) is 4.32. The number of piperazine rings is 1. The second-order valence-corrected chi connectivity index (χ2v) is 8.14. The number of hydrogen-bond donors (Lipinski definition) is 1. The van der Waals surface area contributed by atoms with E-state index in [1.54, 1.807) is 30.3 Å². The van der Waals surface area contributed by atoms with Gasteiger partial charge in [-0.1, -0.05) is 29.8 Å². The van der Waals surface area contributed by atoms with Crippen molar-refractivity contribution < 1.29 is 22.7 Å². The summed E-state index contributed by atoms with van der Waals surface area (Å²) in [5, 5.41) is 3.04. The Balaban J connectivity index is 1.78. The minimum absolute atomic E-state index is 0.0357. The molecule has 1 atom stereocenters. The monoisotopic (exact) mass is 394 g/mol. The van der Waals surface area contributed by atoms with Crippen molar-refractivity contribution in [1.82, 2.24) is 9.62 Å². The Labute approximate surface area is 155 Å². The average Bonchev–Trinajstić information content (AvgIpc) is 3.10. The topological polar surface area (TPSA) is 84.9 Å². The van der Waals surface area contributed by atoms with Gasteiger partial charge in [0.2, 0.25) is 22.7 Å². The summed E-state index contributed by atoms with van der Waals surface area (Å²) in [6.07, 6.45) is 0. The highest BCUT2D eigenvalue weighted by Crippen LogP contribution is 2.37. The second kappa shape index (κ2) is 6.46. The van der Waals surface area contributed by atoms with Crippen LogP contribution in [0.4, 0.5) is 0 Å². The predicted molar refractivity (Wildman–Crippen MR) is 93.7 cm³/mol. The van der Waals surface area contributed by atoms with Crippen LogP contribution in [0.5, 0.6) is 11.5 Å². The van der Waals surface area contributed by atoms with Gasteiger partial charge in [0.05, 0.1) is 4.90 Å². The highest BCUT2D eigenvalue weighted by molar-refractivity contribution is 7.89. The lowest BCUT2D eigenvalue weighted by atomic mass is 10.0. The molecule has 9 heteroatoms. The predicted octanol–water partition coefficient (Wildman–Crippen LogP) is 1.93. The van der Waals surface area contributed by atoms with Crippen molar-refractivity contribution in [2.45, 2.75) is 10.9 Å². The Bertz CT molecular complexity index is 979. The lowest BCUT2D eigenvalue weighted by Gasteiger charge is -2.34. The number of carbonyl (C=O) groups is 1. The van der Waals surface area contributed by atoms with E-state index >= 15 is 0 Å². The first kappa shape index (κ1) is 17.1. The molecule has 1 fully saturated rings. The molecule has 0 aromatic heterocycles. The number of rotatable bonds is 3. The summed E-state index contributed by atoms with van der Waals surface area (Å²) >= 11 is 6.22. The fourth-order valence-electron chi connectivity index (χ4n) is 3.07. The average molecular weight is 395 g/mol. The van der Waals surface area contributed by atoms with Crippen LogP contribution in [0.15, 0.2) is 47.4 Å². The number of nitrogens with zero attached hydrogens (tertiary/aromatic N) is 1. The van der Waals surface area contributed by atoms with Crippen LogP contribution < -0.4 is 14.8 Å². The molecular formula is C17H15ClN2O5S. The third-order valence-corrected chi connectivity index (χ3v) is 6.52. The number of carbonyl (C=O) groups excluding carboxylic acids is 1. The molecule has 26 heavy (non-hydrogen) atoms. The van der Waals surface area contributed by atoms with Crippen LogP contribution in [0.2, 0.25) is 5.02 Å². The van der Waals surface area contributed by atoms with E-state index in [-0.39, 0.29) is 24.8 Å². The van der Waals surface area contributed by atoms with Gasteiger partial charge in [-0.25, -0.2) is 8.42 Å². The number of nitrogens with one attached hydrogen (secondary N) is 1. The SMILES string of the molecule is O=C1NCCN(S(=O)(=O)c2ccc3c(c2)OCO3)C1c1ccccc1Cl. The maximum Gasteiger partial charge on any atom is 0.244 e. The highest BCUT2D eigenvalue weighted by Gasteiger charge is 2.40. The smallest absolute Gasteiger partial charge is 0.244 e. The van der Waals surface area contributed by atoms with Crippen LogP contribution in [0.1, 0.15) is 11.6 Å². The van der Waals surface area contributed by atoms with Gasteiger partial charge in [-0.2, -0.15) is 4.31 Å². The molecule has 0 radical (unpaired) electrons. The first-order valence-corrected chi connectivity index (χ1v) is 9.74. The zero-order chi connectivity index (χ0) is 18.3. The Morgan fingerprint density at radius 2 is 1.88 bits per heavy atom. The second-order valence-electron chi connectivity index (χ2n) is 5.85. The molecule has 2 aromatic carbocycles. The van der Waals surface area contributed by atoms with Gasteiger partial charge in [-0.05, 0) is 23.8 Å². The van der Waals surface area contributed by atoms with Crippen molar-refractivity contribution >= 4 is 27.5 Å². The van der Waals surface area contributed by atoms with Crippen molar-refractivity contribution in [3.05, 3.63) is 53.1 Å². The van der Waals surface area contributed by atoms with Crippen molar-refractivity contribution in [1.29, 1.82) is 0 Å². The third kappa shape index (κ3) is 2.80. The van der Waals surface area contributed by atoms with Crippen LogP contribution in [-0.2, 0) is 14.8 Å². The number of halogens is 1. The van der Waals surface area contributed by atoms with E-state index in [9.17, 15) is 13.2 Å². The molecule has 0 aliphatic carbocycles. The molecule has 0 spiro atoms. The van der Waals surface area contributed by atoms with Crippen LogP contribution in [-0.4, -0.2) is 38.5 Å². The first-order chi connectivity index (χ1) is 12.5. The maximum absolute atomic E-state index is 13.2. The zero-order valence-corrected chi connectivity index (χ0v) is 15.1. The van der Waals surface area contributed by atoms with Gasteiger partial charge in [0.15, 0.2) is 11.5 Å². The number of ether oxygens (including phenoxy) is 2. The molecule has 2 aliphatic heterocycles. The van der Waals surface area contributed by atoms with Crippen LogP contribution >= 0.6 is 11.6 Å². The Hall–Kier alpha value is -2.29. The molecule has 1 saturated heterocycles. The summed E-state index contributed by atoms with van der Waals surface area (Å²) in [5.41, 5.74) is 0.440. The molecule has 2 aliphatic rings. The van der Waals surface area contributed by atoms with Crippen molar-refractivity contribution in [2.75, 3.05) is 19.9 Å². The normalized spacial score (nSPS) is 20.0. The van der Waals surface area contributed by atoms with Gasteiger partial charge in [0.1, 0.15) is 6.04 Å². The summed E-state index contributed by atoms with van der Waals surface area (Å²) in [5.74, 6) is 0.443. The zero-order valence-electron chi connectivity index (χ0n) is 13.5. The molecule has 1 unspecified atom stereocenters. The first-order valence-electron chi connectivity index (χ1n) is 7.92. The molecule has 0 bridgehead atoms. The molecule has 136 valence electrons. The van der Waals surface area contributed by atoms with E-state index in [4.69, 9.17) is 21.1 Å². The standard InChI is InChI=1S/C17H15ClN2O5S/c18-13-4-2-1-3-12(13)16-17(21)19-7-8-20(16)26(22,23)11-5-6-14-15(9-11)25-10-24-14/h1-6,9,16H,7-8,10H2,(H,19,21). The Morgan fingerprint density at radius 3 is 2.69 bits per heavy atom. The number of benzene rings is 2. The van der Waals surface area contributed by atoms with Gasteiger partial charge in [0.25, 0.3) is 0 Å². The van der Waals surface area contributed by atoms with E-state index in [1.807, 2.05) is 0 Å². The van der Waals surface area contributed by atoms with Crippen LogP contribution in [0.25, 0.3) is 0 Å². The van der Waals surface area contributed by atoms with E-state index in [2.05, 4.69) is 5.32 Å². The van der Waals surface area contributed by atoms with Crippen molar-refractivity contribution in [2.24, 2.45) is 0 Å². The Kier molecular flexibility index (Phi) is 4.26. The minimum atomic E-state index is -3.95. The summed E-state index contributed by atoms with van der Waals surface area (Å²) in [7, 11) is -3.95. The lowest BCUT2D eigenvalue weighted by Crippen LogP contribution is -2.52. The molecule has 2 aromatic rings. The lowest BCUT2D eigenvalue weighted by molar-refractivity contribution is -0.126. The largest absolute Gasteiger partial charge is 0.454 e. The number of fused-ring (bicyclic) bond motifs is 1. The Morgan fingerprint density at radius 1 is 1.12 bits per heavy atom. The van der Waals surface area contributed by atoms with Gasteiger partial charge >= 0.3 is 0 Å². The quantitative estimate of drug-likeness (QED) is 0.859. The molecule has 4 rings (SSSR count). The molecule has 1 amide bonds. The number of amides is 1. The van der Waals surface area contributed by atoms with Gasteiger partial charge in [0, 0.05) is 24.2 Å². The van der Waals surface area contributed by atoms with Gasteiger partial charge in [-0.15, -0.1) is 0 Å². The van der Waals surface area contributed by atoms with Crippen molar-refractivity contribution in [3.63, 3.8) is 0 Å². The molecule has 0 saturated carbocycles. The maximum atomic E-state index is 13.2. The molecular weight excluding hydrogens is 380 g/mol. The van der Waals surface area contributed by atoms with Crippen LogP contribution in [0, 0.1) is 0 Å². The van der Waals surface area contributed by atoms with Gasteiger partial charge in [-0.3, -0.25) is 4.79 Å². The van der Waals surface area contributed by atoms with E-state index in [0.29, 0.717) is 22.1 Å². The summed E-state index contributed by atoms with van der Waals surface area (Å²) in [4.78, 5) is 12.5. The van der Waals surface area contributed by atoms with Gasteiger partial charge < -0.3 is 14.8 Å². The minimum Gasteiger partial charge on any atom is -0.454 e. The summed E-state index contributed by atoms with van der Waals surface area (Å²) in [6.45, 7) is 0.412. The molecule has 2 heterocycles. The van der Waals surface area contributed by atoms with Crippen LogP contribution in [0.3, 0.4) is 0 Å². The van der Waals surface area contributed by atoms with E-state index in [1.165, 1.54) is 16.4 Å². The summed E-state index contributed by atoms with van der Waals surface area (Å²) < 4.78 is 38.1. The molecule has 1 N–H and O–H groups in total.